The van der Waals surface area contributed by atoms with Crippen molar-refractivity contribution in [3.05, 3.63) is 12.2 Å². The highest BCUT2D eigenvalue weighted by atomic mass is 16.6. The van der Waals surface area contributed by atoms with E-state index in [1.165, 1.54) is 20.8 Å². The first-order chi connectivity index (χ1) is 9.60. The summed E-state index contributed by atoms with van der Waals surface area (Å²) in [6.45, 7) is 7.39. The molecule has 0 aromatic heterocycles. The Bertz CT molecular complexity index is 448. The molecule has 1 unspecified atom stereocenters. The lowest BCUT2D eigenvalue weighted by Crippen LogP contribution is -2.40. The highest BCUT2D eigenvalue weighted by Crippen LogP contribution is 2.23. The molecule has 21 heavy (non-hydrogen) atoms. The molecular weight excluding hydrogens is 280 g/mol. The van der Waals surface area contributed by atoms with Crippen molar-refractivity contribution in [3.8, 4) is 0 Å². The molecule has 118 valence electrons. The Morgan fingerprint density at radius 1 is 1.10 bits per heavy atom. The Labute approximate surface area is 123 Å². The zero-order valence-corrected chi connectivity index (χ0v) is 12.8. The molecule has 0 spiro atoms. The van der Waals surface area contributed by atoms with E-state index in [1.807, 2.05) is 0 Å². The molecule has 0 aliphatic rings. The van der Waals surface area contributed by atoms with Crippen molar-refractivity contribution in [2.75, 3.05) is 6.61 Å². The van der Waals surface area contributed by atoms with Crippen LogP contribution in [0.2, 0.25) is 0 Å². The molecule has 7 nitrogen and oxygen atoms in total. The van der Waals surface area contributed by atoms with Gasteiger partial charge in [0, 0.05) is 19.1 Å². The topological polar surface area (TPSA) is 96.0 Å². The molecule has 0 rings (SSSR count). The van der Waals surface area contributed by atoms with Crippen LogP contribution in [0.1, 0.15) is 34.6 Å². The number of ether oxygens (including phenoxy) is 3. The van der Waals surface area contributed by atoms with Gasteiger partial charge in [-0.1, -0.05) is 0 Å². The van der Waals surface area contributed by atoms with Gasteiger partial charge >= 0.3 is 23.9 Å². The van der Waals surface area contributed by atoms with Gasteiger partial charge in [0.15, 0.2) is 0 Å². The van der Waals surface area contributed by atoms with Gasteiger partial charge in [0.05, 0.1) is 12.5 Å². The second-order valence-corrected chi connectivity index (χ2v) is 4.74. The standard InChI is InChI=1S/C14H20O7/c1-6-19-11(16)7-8-12(17)21-14(4,5)9(2)13(18)20-10(3)15/h7-9H,6H2,1-5H3/b8-7-. The number of hydrogen-bond acceptors (Lipinski definition) is 7. The lowest BCUT2D eigenvalue weighted by atomic mass is 9.92. The maximum atomic E-state index is 11.6. The van der Waals surface area contributed by atoms with Crippen molar-refractivity contribution in [2.24, 2.45) is 5.92 Å². The molecule has 0 aromatic carbocycles. The van der Waals surface area contributed by atoms with Gasteiger partial charge in [0.25, 0.3) is 0 Å². The van der Waals surface area contributed by atoms with Gasteiger partial charge in [0.2, 0.25) is 0 Å². The van der Waals surface area contributed by atoms with Gasteiger partial charge in [-0.2, -0.15) is 0 Å². The Morgan fingerprint density at radius 2 is 1.62 bits per heavy atom. The highest BCUT2D eigenvalue weighted by Gasteiger charge is 2.36. The van der Waals surface area contributed by atoms with Gasteiger partial charge < -0.3 is 14.2 Å². The molecule has 0 saturated carbocycles. The lowest BCUT2D eigenvalue weighted by Gasteiger charge is -2.29. The smallest absolute Gasteiger partial charge is 0.331 e. The molecule has 0 bridgehead atoms. The second kappa shape index (κ2) is 8.18. The van der Waals surface area contributed by atoms with E-state index >= 15 is 0 Å². The number of carbonyl (C=O) groups excluding carboxylic acids is 4. The summed E-state index contributed by atoms with van der Waals surface area (Å²) >= 11 is 0. The maximum Gasteiger partial charge on any atom is 0.331 e. The molecule has 0 aliphatic carbocycles. The summed E-state index contributed by atoms with van der Waals surface area (Å²) in [6.07, 6.45) is 1.84. The molecule has 0 saturated heterocycles. The summed E-state index contributed by atoms with van der Waals surface area (Å²) in [5.41, 5.74) is -1.21. The Morgan fingerprint density at radius 3 is 2.10 bits per heavy atom. The molecule has 0 fully saturated rings. The van der Waals surface area contributed by atoms with E-state index in [2.05, 4.69) is 9.47 Å². The van der Waals surface area contributed by atoms with Crippen LogP contribution in [0.5, 0.6) is 0 Å². The minimum atomic E-state index is -1.21. The van der Waals surface area contributed by atoms with Crippen molar-refractivity contribution in [3.63, 3.8) is 0 Å². The lowest BCUT2D eigenvalue weighted by molar-refractivity contribution is -0.171. The van der Waals surface area contributed by atoms with E-state index in [0.29, 0.717) is 0 Å². The van der Waals surface area contributed by atoms with Crippen LogP contribution in [0.25, 0.3) is 0 Å². The minimum Gasteiger partial charge on any atom is -0.463 e. The predicted molar refractivity (Wildman–Crippen MR) is 71.9 cm³/mol. The van der Waals surface area contributed by atoms with Crippen LogP contribution in [0.4, 0.5) is 0 Å². The van der Waals surface area contributed by atoms with Gasteiger partial charge in [-0.15, -0.1) is 0 Å². The van der Waals surface area contributed by atoms with Gasteiger partial charge in [0.1, 0.15) is 5.60 Å². The molecule has 0 radical (unpaired) electrons. The summed E-state index contributed by atoms with van der Waals surface area (Å²) in [5, 5.41) is 0. The fourth-order valence-electron chi connectivity index (χ4n) is 1.22. The van der Waals surface area contributed by atoms with Crippen molar-refractivity contribution in [1.29, 1.82) is 0 Å². The van der Waals surface area contributed by atoms with Gasteiger partial charge in [-0.25, -0.2) is 9.59 Å². The van der Waals surface area contributed by atoms with Crippen LogP contribution in [0.15, 0.2) is 12.2 Å². The molecule has 0 heterocycles. The summed E-state index contributed by atoms with van der Waals surface area (Å²) in [6, 6.07) is 0. The molecular formula is C14H20O7. The maximum absolute atomic E-state index is 11.6. The summed E-state index contributed by atoms with van der Waals surface area (Å²) in [4.78, 5) is 45.0. The first-order valence-corrected chi connectivity index (χ1v) is 6.40. The first kappa shape index (κ1) is 18.8. The fraction of sp³-hybridized carbons (Fsp3) is 0.571. The first-order valence-electron chi connectivity index (χ1n) is 6.40. The van der Waals surface area contributed by atoms with E-state index in [0.717, 1.165) is 19.1 Å². The Hall–Kier alpha value is -2.18. The third kappa shape index (κ3) is 7.24. The highest BCUT2D eigenvalue weighted by molar-refractivity contribution is 5.92. The number of hydrogen-bond donors (Lipinski definition) is 0. The quantitative estimate of drug-likeness (QED) is 0.314. The zero-order chi connectivity index (χ0) is 16.6. The SMILES string of the molecule is CCOC(=O)/C=C\C(=O)OC(C)(C)C(C)C(=O)OC(C)=O. The van der Waals surface area contributed by atoms with Gasteiger partial charge in [-0.3, -0.25) is 9.59 Å². The molecule has 0 aliphatic heterocycles. The zero-order valence-electron chi connectivity index (χ0n) is 12.8. The fourth-order valence-corrected chi connectivity index (χ4v) is 1.22. The van der Waals surface area contributed by atoms with Crippen molar-refractivity contribution < 1.29 is 33.4 Å². The van der Waals surface area contributed by atoms with Crippen LogP contribution in [0, 0.1) is 5.92 Å². The third-order valence-electron chi connectivity index (χ3n) is 2.65. The number of rotatable bonds is 6. The average molecular weight is 300 g/mol. The molecule has 0 N–H and O–H groups in total. The van der Waals surface area contributed by atoms with Crippen molar-refractivity contribution >= 4 is 23.9 Å². The van der Waals surface area contributed by atoms with Crippen LogP contribution in [0.3, 0.4) is 0 Å². The van der Waals surface area contributed by atoms with E-state index in [-0.39, 0.29) is 6.61 Å². The number of esters is 4. The average Bonchev–Trinajstić information content (AvgIpc) is 2.34. The minimum absolute atomic E-state index is 0.192. The van der Waals surface area contributed by atoms with Crippen LogP contribution < -0.4 is 0 Å². The third-order valence-corrected chi connectivity index (χ3v) is 2.65. The number of carbonyl (C=O) groups is 4. The Balaban J connectivity index is 4.65. The molecule has 0 aromatic rings. The van der Waals surface area contributed by atoms with Gasteiger partial charge in [-0.05, 0) is 27.7 Å². The van der Waals surface area contributed by atoms with E-state index < -0.39 is 35.4 Å². The van der Waals surface area contributed by atoms with Crippen molar-refractivity contribution in [2.45, 2.75) is 40.2 Å². The molecule has 7 heteroatoms. The normalized spacial score (nSPS) is 12.6. The van der Waals surface area contributed by atoms with Crippen LogP contribution in [-0.4, -0.2) is 36.1 Å². The van der Waals surface area contributed by atoms with E-state index in [1.54, 1.807) is 6.92 Å². The Kier molecular flexibility index (Phi) is 7.33. The summed E-state index contributed by atoms with van der Waals surface area (Å²) in [5.74, 6) is -3.88. The van der Waals surface area contributed by atoms with E-state index in [9.17, 15) is 19.2 Å². The largest absolute Gasteiger partial charge is 0.463 e. The summed E-state index contributed by atoms with van der Waals surface area (Å²) in [7, 11) is 0. The van der Waals surface area contributed by atoms with Crippen LogP contribution >= 0.6 is 0 Å². The van der Waals surface area contributed by atoms with Crippen LogP contribution in [-0.2, 0) is 33.4 Å². The molecule has 1 atom stereocenters. The summed E-state index contributed by atoms with van der Waals surface area (Å²) < 4.78 is 14.1. The van der Waals surface area contributed by atoms with E-state index in [4.69, 9.17) is 4.74 Å². The molecule has 0 amide bonds. The predicted octanol–water partition coefficient (Wildman–Crippen LogP) is 1.15. The monoisotopic (exact) mass is 300 g/mol. The second-order valence-electron chi connectivity index (χ2n) is 4.74. The van der Waals surface area contributed by atoms with Crippen molar-refractivity contribution in [1.82, 2.24) is 0 Å².